The highest BCUT2D eigenvalue weighted by molar-refractivity contribution is 6.04. The molecule has 0 bridgehead atoms. The Hall–Kier alpha value is -3.19. The molecule has 3 rings (SSSR count). The van der Waals surface area contributed by atoms with E-state index in [2.05, 4.69) is 10.6 Å². The minimum Gasteiger partial charge on any atom is -0.468 e. The number of carbonyl (C=O) groups excluding carboxylic acids is 3. The number of nitrogens with zero attached hydrogens (tertiary/aromatic N) is 1. The van der Waals surface area contributed by atoms with Crippen LogP contribution in [-0.4, -0.2) is 48.9 Å². The molecule has 0 radical (unpaired) electrons. The van der Waals surface area contributed by atoms with Crippen LogP contribution in [0.4, 0.5) is 5.69 Å². The minimum absolute atomic E-state index is 0.0685. The minimum atomic E-state index is -0.405. The van der Waals surface area contributed by atoms with Crippen molar-refractivity contribution in [1.82, 2.24) is 10.2 Å². The van der Waals surface area contributed by atoms with Gasteiger partial charge in [-0.1, -0.05) is 48.4 Å². The Balaban J connectivity index is 1.62. The van der Waals surface area contributed by atoms with Gasteiger partial charge in [0.05, 0.1) is 24.9 Å². The van der Waals surface area contributed by atoms with Crippen molar-refractivity contribution >= 4 is 23.5 Å². The molecule has 7 nitrogen and oxygen atoms in total. The van der Waals surface area contributed by atoms with Crippen molar-refractivity contribution < 1.29 is 19.1 Å². The molecular formula is C24H29N3O4. The Morgan fingerprint density at radius 1 is 1.06 bits per heavy atom. The van der Waals surface area contributed by atoms with E-state index < -0.39 is 6.04 Å². The summed E-state index contributed by atoms with van der Waals surface area (Å²) in [5.74, 6) is -0.847. The van der Waals surface area contributed by atoms with Crippen LogP contribution in [0.15, 0.2) is 48.5 Å². The summed E-state index contributed by atoms with van der Waals surface area (Å²) in [4.78, 5) is 39.3. The van der Waals surface area contributed by atoms with Gasteiger partial charge in [-0.25, -0.2) is 0 Å². The third kappa shape index (κ3) is 6.15. The largest absolute Gasteiger partial charge is 0.468 e. The number of anilines is 1. The number of rotatable bonds is 7. The van der Waals surface area contributed by atoms with Crippen LogP contribution in [-0.2, 0) is 20.9 Å². The molecule has 0 unspecified atom stereocenters. The van der Waals surface area contributed by atoms with Gasteiger partial charge in [0.1, 0.15) is 6.04 Å². The van der Waals surface area contributed by atoms with E-state index in [1.165, 1.54) is 7.11 Å². The van der Waals surface area contributed by atoms with Gasteiger partial charge in [0.25, 0.3) is 5.91 Å². The fourth-order valence-electron chi connectivity index (χ4n) is 3.73. The molecule has 7 heteroatoms. The standard InChI is InChI=1S/C24H29N3O4/c1-17-10-12-18(13-11-17)15-25-23(29)19-7-3-4-8-20(19)26-22(28)16-27-14-6-5-9-21(27)24(30)31-2/h3-4,7-8,10-13,21H,5-6,9,14-16H2,1-2H3,(H,25,29)(H,26,28)/t21-/m1/s1. The molecule has 0 aromatic heterocycles. The second-order valence-electron chi connectivity index (χ2n) is 7.77. The van der Waals surface area contributed by atoms with Crippen LogP contribution in [0, 0.1) is 6.92 Å². The lowest BCUT2D eigenvalue weighted by Crippen LogP contribution is -2.48. The molecule has 1 aliphatic heterocycles. The number of amides is 2. The lowest BCUT2D eigenvalue weighted by atomic mass is 10.0. The number of aryl methyl sites for hydroxylation is 1. The second-order valence-corrected chi connectivity index (χ2v) is 7.77. The van der Waals surface area contributed by atoms with Crippen LogP contribution in [0.1, 0.15) is 40.7 Å². The highest BCUT2D eigenvalue weighted by Crippen LogP contribution is 2.19. The number of hydrogen-bond acceptors (Lipinski definition) is 5. The summed E-state index contributed by atoms with van der Waals surface area (Å²) in [6.45, 7) is 3.14. The molecule has 0 aliphatic carbocycles. The molecule has 0 saturated carbocycles. The van der Waals surface area contributed by atoms with E-state index in [1.54, 1.807) is 24.3 Å². The fraction of sp³-hybridized carbons (Fsp3) is 0.375. The molecule has 1 saturated heterocycles. The van der Waals surface area contributed by atoms with Crippen LogP contribution in [0.3, 0.4) is 0 Å². The van der Waals surface area contributed by atoms with Crippen molar-refractivity contribution in [1.29, 1.82) is 0 Å². The van der Waals surface area contributed by atoms with Crippen LogP contribution >= 0.6 is 0 Å². The lowest BCUT2D eigenvalue weighted by Gasteiger charge is -2.33. The number of esters is 1. The predicted molar refractivity (Wildman–Crippen MR) is 119 cm³/mol. The Morgan fingerprint density at radius 3 is 2.55 bits per heavy atom. The van der Waals surface area contributed by atoms with Crippen molar-refractivity contribution in [2.45, 2.75) is 38.8 Å². The maximum atomic E-state index is 12.7. The van der Waals surface area contributed by atoms with E-state index in [9.17, 15) is 14.4 Å². The number of likely N-dealkylation sites (tertiary alicyclic amines) is 1. The van der Waals surface area contributed by atoms with Gasteiger partial charge in [0.2, 0.25) is 5.91 Å². The zero-order valence-corrected chi connectivity index (χ0v) is 18.0. The van der Waals surface area contributed by atoms with E-state index in [1.807, 2.05) is 36.1 Å². The third-order valence-corrected chi connectivity index (χ3v) is 5.45. The maximum absolute atomic E-state index is 12.7. The summed E-state index contributed by atoms with van der Waals surface area (Å²) < 4.78 is 4.87. The molecule has 1 atom stereocenters. The first-order valence-electron chi connectivity index (χ1n) is 10.5. The van der Waals surface area contributed by atoms with Crippen molar-refractivity contribution in [2.75, 3.05) is 25.5 Å². The average molecular weight is 424 g/mol. The van der Waals surface area contributed by atoms with Gasteiger partial charge >= 0.3 is 5.97 Å². The van der Waals surface area contributed by atoms with E-state index in [0.29, 0.717) is 30.8 Å². The van der Waals surface area contributed by atoms with Crippen molar-refractivity contribution in [3.63, 3.8) is 0 Å². The number of nitrogens with one attached hydrogen (secondary N) is 2. The number of methoxy groups -OCH3 is 1. The van der Waals surface area contributed by atoms with Gasteiger partial charge in [0, 0.05) is 6.54 Å². The molecule has 1 heterocycles. The monoisotopic (exact) mass is 423 g/mol. The Bertz CT molecular complexity index is 927. The van der Waals surface area contributed by atoms with Crippen LogP contribution in [0.25, 0.3) is 0 Å². The number of para-hydroxylation sites is 1. The van der Waals surface area contributed by atoms with Gasteiger partial charge in [-0.05, 0) is 44.0 Å². The smallest absolute Gasteiger partial charge is 0.323 e. The van der Waals surface area contributed by atoms with Gasteiger partial charge in [-0.2, -0.15) is 0 Å². The Morgan fingerprint density at radius 2 is 1.81 bits per heavy atom. The Labute approximate surface area is 182 Å². The van der Waals surface area contributed by atoms with Gasteiger partial charge in [-0.15, -0.1) is 0 Å². The first kappa shape index (κ1) is 22.5. The second kappa shape index (κ2) is 10.7. The van der Waals surface area contributed by atoms with Gasteiger partial charge in [-0.3, -0.25) is 19.3 Å². The average Bonchev–Trinajstić information content (AvgIpc) is 2.78. The highest BCUT2D eigenvalue weighted by atomic mass is 16.5. The Kier molecular flexibility index (Phi) is 7.78. The first-order valence-corrected chi connectivity index (χ1v) is 10.5. The normalized spacial score (nSPS) is 16.4. The molecule has 2 aromatic rings. The molecule has 164 valence electrons. The van der Waals surface area contributed by atoms with Gasteiger partial charge in [0.15, 0.2) is 0 Å². The molecule has 1 aliphatic rings. The topological polar surface area (TPSA) is 87.7 Å². The SMILES string of the molecule is COC(=O)[C@H]1CCCCN1CC(=O)Nc1ccccc1C(=O)NCc1ccc(C)cc1. The molecule has 2 amide bonds. The zero-order valence-electron chi connectivity index (χ0n) is 18.0. The van der Waals surface area contributed by atoms with Crippen LogP contribution in [0.5, 0.6) is 0 Å². The molecular weight excluding hydrogens is 394 g/mol. The van der Waals surface area contributed by atoms with Crippen molar-refractivity contribution in [2.24, 2.45) is 0 Å². The number of carbonyl (C=O) groups is 3. The fourth-order valence-corrected chi connectivity index (χ4v) is 3.73. The number of benzene rings is 2. The van der Waals surface area contributed by atoms with E-state index in [4.69, 9.17) is 4.74 Å². The quantitative estimate of drug-likeness (QED) is 0.669. The molecule has 0 spiro atoms. The number of piperidine rings is 1. The predicted octanol–water partition coefficient (Wildman–Crippen LogP) is 2.89. The maximum Gasteiger partial charge on any atom is 0.323 e. The highest BCUT2D eigenvalue weighted by Gasteiger charge is 2.30. The summed E-state index contributed by atoms with van der Waals surface area (Å²) >= 11 is 0. The first-order chi connectivity index (χ1) is 15.0. The van der Waals surface area contributed by atoms with E-state index in [-0.39, 0.29) is 24.3 Å². The van der Waals surface area contributed by atoms with Gasteiger partial charge < -0.3 is 15.4 Å². The molecule has 31 heavy (non-hydrogen) atoms. The van der Waals surface area contributed by atoms with Crippen molar-refractivity contribution in [3.05, 3.63) is 65.2 Å². The molecule has 1 fully saturated rings. The number of hydrogen-bond donors (Lipinski definition) is 2. The van der Waals surface area contributed by atoms with Crippen LogP contribution in [0.2, 0.25) is 0 Å². The summed E-state index contributed by atoms with van der Waals surface area (Å²) in [6, 6.07) is 14.4. The third-order valence-electron chi connectivity index (χ3n) is 5.45. The summed E-state index contributed by atoms with van der Waals surface area (Å²) in [7, 11) is 1.36. The van der Waals surface area contributed by atoms with Crippen molar-refractivity contribution in [3.8, 4) is 0 Å². The summed E-state index contributed by atoms with van der Waals surface area (Å²) in [5.41, 5.74) is 3.00. The van der Waals surface area contributed by atoms with E-state index >= 15 is 0 Å². The summed E-state index contributed by atoms with van der Waals surface area (Å²) in [5, 5.41) is 5.73. The molecule has 2 N–H and O–H groups in total. The molecule has 2 aromatic carbocycles. The lowest BCUT2D eigenvalue weighted by molar-refractivity contribution is -0.148. The summed E-state index contributed by atoms with van der Waals surface area (Å²) in [6.07, 6.45) is 2.54. The van der Waals surface area contributed by atoms with Crippen LogP contribution < -0.4 is 10.6 Å². The zero-order chi connectivity index (χ0) is 22.2. The van der Waals surface area contributed by atoms with E-state index in [0.717, 1.165) is 24.0 Å². The number of ether oxygens (including phenoxy) is 1.